The van der Waals surface area contributed by atoms with Gasteiger partial charge in [0.2, 0.25) is 0 Å². The van der Waals surface area contributed by atoms with E-state index >= 15 is 0 Å². The first-order valence-electron chi connectivity index (χ1n) is 8.77. The fourth-order valence-corrected chi connectivity index (χ4v) is 3.66. The van der Waals surface area contributed by atoms with Crippen molar-refractivity contribution in [3.8, 4) is 0 Å². The maximum Gasteiger partial charge on any atom is 0.297 e. The number of pyridine rings is 1. The summed E-state index contributed by atoms with van der Waals surface area (Å²) in [5, 5.41) is 12.8. The Morgan fingerprint density at radius 1 is 1.12 bits per heavy atom. The van der Waals surface area contributed by atoms with Crippen LogP contribution in [0.4, 0.5) is 0 Å². The zero-order chi connectivity index (χ0) is 18.5. The summed E-state index contributed by atoms with van der Waals surface area (Å²) in [6.07, 6.45) is 2.17. The maximum absolute atomic E-state index is 12.8. The molecule has 8 heteroatoms. The summed E-state index contributed by atoms with van der Waals surface area (Å²) in [4.78, 5) is 4.02. The molecular weight excluding hydrogens is 340 g/mol. The number of hydroxylamine groups is 1. The number of nitrogens with zero attached hydrogens (tertiary/aromatic N) is 2. The van der Waals surface area contributed by atoms with Crippen LogP contribution < -0.4 is 0 Å². The Morgan fingerprint density at radius 2 is 1.88 bits per heavy atom. The molecule has 0 unspecified atom stereocenters. The van der Waals surface area contributed by atoms with Crippen LogP contribution in [0.15, 0.2) is 24.5 Å². The molecule has 3 saturated heterocycles. The van der Waals surface area contributed by atoms with Gasteiger partial charge in [-0.1, -0.05) is 0 Å². The molecule has 0 bridgehead atoms. The SMILES string of the molecule is CC1(C)O[C@H]2[C@@H]([C@@H]3COC(C)(C)O3)O[C@H](/[N+]([O-])=C/c3cccnc3)[C@H]2O1. The second-order valence-corrected chi connectivity index (χ2v) is 7.70. The van der Waals surface area contributed by atoms with Gasteiger partial charge in [0.25, 0.3) is 6.23 Å². The number of hydrogen-bond acceptors (Lipinski definition) is 7. The lowest BCUT2D eigenvalue weighted by Crippen LogP contribution is -2.40. The van der Waals surface area contributed by atoms with Crippen molar-refractivity contribution in [2.75, 3.05) is 6.61 Å². The lowest BCUT2D eigenvalue weighted by atomic mass is 10.1. The van der Waals surface area contributed by atoms with E-state index in [0.29, 0.717) is 12.2 Å². The minimum Gasteiger partial charge on any atom is -0.622 e. The Balaban J connectivity index is 1.59. The summed E-state index contributed by atoms with van der Waals surface area (Å²) in [5.41, 5.74) is 0.686. The molecule has 0 saturated carbocycles. The molecule has 0 N–H and O–H groups in total. The molecule has 0 spiro atoms. The topological polar surface area (TPSA) is 85.1 Å². The van der Waals surface area contributed by atoms with Crippen molar-refractivity contribution in [1.82, 2.24) is 4.98 Å². The zero-order valence-corrected chi connectivity index (χ0v) is 15.3. The van der Waals surface area contributed by atoms with E-state index in [9.17, 15) is 5.21 Å². The predicted octanol–water partition coefficient (Wildman–Crippen LogP) is 1.41. The third-order valence-electron chi connectivity index (χ3n) is 4.67. The second-order valence-electron chi connectivity index (χ2n) is 7.70. The monoisotopic (exact) mass is 364 g/mol. The summed E-state index contributed by atoms with van der Waals surface area (Å²) in [6.45, 7) is 7.74. The van der Waals surface area contributed by atoms with Crippen molar-refractivity contribution in [2.45, 2.75) is 69.9 Å². The first-order chi connectivity index (χ1) is 12.2. The summed E-state index contributed by atoms with van der Waals surface area (Å²) in [6, 6.07) is 3.57. The normalized spacial score (nSPS) is 38.5. The molecular formula is C18H24N2O6. The van der Waals surface area contributed by atoms with Crippen molar-refractivity contribution in [1.29, 1.82) is 0 Å². The van der Waals surface area contributed by atoms with Gasteiger partial charge >= 0.3 is 0 Å². The van der Waals surface area contributed by atoms with Crippen molar-refractivity contribution in [3.63, 3.8) is 0 Å². The van der Waals surface area contributed by atoms with Gasteiger partial charge in [-0.25, -0.2) is 0 Å². The lowest BCUT2D eigenvalue weighted by molar-refractivity contribution is -0.562. The average molecular weight is 364 g/mol. The van der Waals surface area contributed by atoms with Crippen LogP contribution in [-0.4, -0.2) is 64.8 Å². The van der Waals surface area contributed by atoms with Gasteiger partial charge in [0.05, 0.1) is 12.2 Å². The van der Waals surface area contributed by atoms with Crippen LogP contribution in [0.3, 0.4) is 0 Å². The Kier molecular flexibility index (Phi) is 4.28. The quantitative estimate of drug-likeness (QED) is 0.347. The van der Waals surface area contributed by atoms with Crippen molar-refractivity contribution < 1.29 is 28.4 Å². The van der Waals surface area contributed by atoms with Crippen molar-refractivity contribution in [2.24, 2.45) is 0 Å². The predicted molar refractivity (Wildman–Crippen MR) is 90.4 cm³/mol. The number of aromatic nitrogens is 1. The van der Waals surface area contributed by atoms with E-state index in [1.54, 1.807) is 24.5 Å². The van der Waals surface area contributed by atoms with Crippen molar-refractivity contribution in [3.05, 3.63) is 35.3 Å². The van der Waals surface area contributed by atoms with Gasteiger partial charge in [-0.15, -0.1) is 0 Å². The van der Waals surface area contributed by atoms with E-state index in [4.69, 9.17) is 23.7 Å². The highest BCUT2D eigenvalue weighted by atomic mass is 16.8. The molecule has 0 amide bonds. The molecule has 0 aliphatic carbocycles. The van der Waals surface area contributed by atoms with E-state index < -0.39 is 36.1 Å². The molecule has 26 heavy (non-hydrogen) atoms. The minimum absolute atomic E-state index is 0.327. The van der Waals surface area contributed by atoms with Gasteiger partial charge in [-0.2, -0.15) is 4.74 Å². The Labute approximate surface area is 152 Å². The summed E-state index contributed by atoms with van der Waals surface area (Å²) in [7, 11) is 0. The molecule has 5 atom stereocenters. The van der Waals surface area contributed by atoms with Gasteiger partial charge in [0, 0.05) is 12.4 Å². The van der Waals surface area contributed by atoms with E-state index in [0.717, 1.165) is 4.74 Å². The molecule has 3 fully saturated rings. The van der Waals surface area contributed by atoms with E-state index in [1.807, 2.05) is 27.7 Å². The molecule has 3 aliphatic heterocycles. The smallest absolute Gasteiger partial charge is 0.297 e. The minimum atomic E-state index is -0.834. The first-order valence-corrected chi connectivity index (χ1v) is 8.77. The molecule has 142 valence electrons. The number of hydrogen-bond donors (Lipinski definition) is 0. The van der Waals surface area contributed by atoms with Gasteiger partial charge < -0.3 is 28.9 Å². The molecule has 1 aromatic rings. The van der Waals surface area contributed by atoms with E-state index in [2.05, 4.69) is 4.98 Å². The maximum atomic E-state index is 12.8. The van der Waals surface area contributed by atoms with Gasteiger partial charge in [0.15, 0.2) is 23.9 Å². The Morgan fingerprint density at radius 3 is 2.54 bits per heavy atom. The molecule has 4 heterocycles. The molecule has 1 aromatic heterocycles. The van der Waals surface area contributed by atoms with Gasteiger partial charge in [-0.05, 0) is 39.8 Å². The van der Waals surface area contributed by atoms with Gasteiger partial charge in [-0.3, -0.25) is 4.98 Å². The third-order valence-corrected chi connectivity index (χ3v) is 4.67. The standard InChI is InChI=1S/C18H24N2O6/c1-17(2)22-10-12(24-17)13-14-15(26-18(3,4)25-14)16(23-13)20(21)9-11-6-5-7-19-8-11/h5-9,12-16H,10H2,1-4H3/b20-9-/t12-,13+,14-,15-,16-/m0/s1. The van der Waals surface area contributed by atoms with Crippen LogP contribution in [-0.2, 0) is 23.7 Å². The highest BCUT2D eigenvalue weighted by Gasteiger charge is 2.62. The lowest BCUT2D eigenvalue weighted by Gasteiger charge is -2.26. The molecule has 0 aromatic carbocycles. The second kappa shape index (κ2) is 6.24. The molecule has 3 aliphatic rings. The highest BCUT2D eigenvalue weighted by molar-refractivity contribution is 5.74. The van der Waals surface area contributed by atoms with E-state index in [-0.39, 0.29) is 6.10 Å². The summed E-state index contributed by atoms with van der Waals surface area (Å²) >= 11 is 0. The van der Waals surface area contributed by atoms with E-state index in [1.165, 1.54) is 6.21 Å². The van der Waals surface area contributed by atoms with Crippen LogP contribution in [0.5, 0.6) is 0 Å². The fourth-order valence-electron chi connectivity index (χ4n) is 3.66. The van der Waals surface area contributed by atoms with Crippen LogP contribution in [0, 0.1) is 5.21 Å². The molecule has 8 nitrogen and oxygen atoms in total. The highest BCUT2D eigenvalue weighted by Crippen LogP contribution is 2.42. The molecule has 0 radical (unpaired) electrons. The third kappa shape index (κ3) is 3.35. The largest absolute Gasteiger partial charge is 0.622 e. The number of rotatable bonds is 3. The van der Waals surface area contributed by atoms with Crippen LogP contribution in [0.25, 0.3) is 0 Å². The first kappa shape index (κ1) is 17.8. The number of fused-ring (bicyclic) bond motifs is 1. The van der Waals surface area contributed by atoms with Crippen LogP contribution in [0.2, 0.25) is 0 Å². The van der Waals surface area contributed by atoms with Gasteiger partial charge in [0.1, 0.15) is 18.3 Å². The fraction of sp³-hybridized carbons (Fsp3) is 0.667. The van der Waals surface area contributed by atoms with Crippen molar-refractivity contribution >= 4 is 6.21 Å². The Bertz CT molecular complexity index is 692. The average Bonchev–Trinajstić information content (AvgIpc) is 3.18. The summed E-state index contributed by atoms with van der Waals surface area (Å²) < 4.78 is 30.4. The summed E-state index contributed by atoms with van der Waals surface area (Å²) in [5.74, 6) is -1.48. The number of ether oxygens (including phenoxy) is 5. The molecule has 4 rings (SSSR count). The van der Waals surface area contributed by atoms with Crippen LogP contribution >= 0.6 is 0 Å². The zero-order valence-electron chi connectivity index (χ0n) is 15.3. The van der Waals surface area contributed by atoms with Crippen LogP contribution in [0.1, 0.15) is 33.3 Å². The Hall–Kier alpha value is -1.58.